The number of nitrogens with one attached hydrogen (secondary N) is 2. The average molecular weight is 334 g/mol. The number of carbonyl (C=O) groups is 2. The van der Waals surface area contributed by atoms with Crippen molar-refractivity contribution in [2.75, 3.05) is 12.0 Å². The lowest BCUT2D eigenvalue weighted by Gasteiger charge is -2.43. The van der Waals surface area contributed by atoms with E-state index in [2.05, 4.69) is 29.7 Å². The Balaban J connectivity index is 2.08. The second-order valence-electron chi connectivity index (χ2n) is 7.45. The zero-order chi connectivity index (χ0) is 17.8. The maximum Gasteiger partial charge on any atom is 0.246 e. The maximum absolute atomic E-state index is 12.8. The highest BCUT2D eigenvalue weighted by Crippen LogP contribution is 2.45. The third kappa shape index (κ3) is 4.44. The van der Waals surface area contributed by atoms with Gasteiger partial charge in [0, 0.05) is 6.20 Å². The number of aromatic nitrogens is 1. The molecule has 0 aromatic carbocycles. The summed E-state index contributed by atoms with van der Waals surface area (Å²) in [4.78, 5) is 27.7. The summed E-state index contributed by atoms with van der Waals surface area (Å²) in [7, 11) is 0. The minimum absolute atomic E-state index is 0.0126. The fraction of sp³-hybridized carbons (Fsp3) is 0.588. The number of anilines is 1. The Kier molecular flexibility index (Phi) is 5.43. The molecule has 3 N–H and O–H groups in total. The molecule has 1 saturated carbocycles. The smallest absolute Gasteiger partial charge is 0.246 e. The van der Waals surface area contributed by atoms with E-state index in [0.29, 0.717) is 30.1 Å². The molecule has 0 bridgehead atoms. The van der Waals surface area contributed by atoms with E-state index in [1.165, 1.54) is 0 Å². The van der Waals surface area contributed by atoms with Crippen LogP contribution in [0.2, 0.25) is 0 Å². The Labute approximate surface area is 142 Å². The number of rotatable bonds is 6. The fourth-order valence-corrected chi connectivity index (χ4v) is 3.07. The van der Waals surface area contributed by atoms with Crippen LogP contribution in [0.4, 0.5) is 5.82 Å². The van der Waals surface area contributed by atoms with E-state index in [1.807, 2.05) is 19.1 Å². The van der Waals surface area contributed by atoms with E-state index >= 15 is 0 Å². The lowest BCUT2D eigenvalue weighted by molar-refractivity contribution is -0.164. The SMILES string of the molecule is Cc1ccnc(NNC(=O)C2(CN(O)C=O)CCC(C)(C)CC2)c1. The van der Waals surface area contributed by atoms with Crippen LogP contribution in [0.15, 0.2) is 18.3 Å². The topological polar surface area (TPSA) is 94.6 Å². The average Bonchev–Trinajstić information content (AvgIpc) is 2.54. The standard InChI is InChI=1S/C17H26N4O3/c1-13-4-9-18-14(10-13)19-20-15(23)17(11-21(24)12-22)7-5-16(2,3)6-8-17/h4,9-10,12,24H,5-8,11H2,1-3H3,(H,18,19)(H,20,23). The van der Waals surface area contributed by atoms with Crippen molar-refractivity contribution in [3.05, 3.63) is 23.9 Å². The number of aryl methyl sites for hydroxylation is 1. The van der Waals surface area contributed by atoms with Gasteiger partial charge >= 0.3 is 0 Å². The van der Waals surface area contributed by atoms with Gasteiger partial charge in [-0.25, -0.2) is 10.0 Å². The summed E-state index contributed by atoms with van der Waals surface area (Å²) in [5.41, 5.74) is 5.89. The molecule has 1 aromatic heterocycles. The molecule has 7 heteroatoms. The van der Waals surface area contributed by atoms with Crippen LogP contribution in [-0.4, -0.2) is 34.1 Å². The Hall–Kier alpha value is -2.15. The maximum atomic E-state index is 12.8. The fourth-order valence-electron chi connectivity index (χ4n) is 3.07. The summed E-state index contributed by atoms with van der Waals surface area (Å²) < 4.78 is 0. The van der Waals surface area contributed by atoms with Crippen LogP contribution in [0.1, 0.15) is 45.1 Å². The van der Waals surface area contributed by atoms with Crippen molar-refractivity contribution in [1.29, 1.82) is 0 Å². The van der Waals surface area contributed by atoms with Crippen molar-refractivity contribution in [3.63, 3.8) is 0 Å². The van der Waals surface area contributed by atoms with Crippen LogP contribution in [0.3, 0.4) is 0 Å². The molecule has 0 spiro atoms. The second-order valence-corrected chi connectivity index (χ2v) is 7.45. The molecule has 0 atom stereocenters. The number of hydrazine groups is 1. The minimum atomic E-state index is -0.804. The van der Waals surface area contributed by atoms with Gasteiger partial charge in [-0.15, -0.1) is 0 Å². The van der Waals surface area contributed by atoms with Gasteiger partial charge in [0.15, 0.2) is 0 Å². The largest absolute Gasteiger partial charge is 0.286 e. The quantitative estimate of drug-likeness (QED) is 0.421. The van der Waals surface area contributed by atoms with Crippen LogP contribution in [0.25, 0.3) is 0 Å². The first kappa shape index (κ1) is 18.2. The first-order chi connectivity index (χ1) is 11.3. The summed E-state index contributed by atoms with van der Waals surface area (Å²) in [5, 5.41) is 10.2. The molecule has 0 unspecified atom stereocenters. The van der Waals surface area contributed by atoms with Crippen LogP contribution in [0, 0.1) is 17.8 Å². The second kappa shape index (κ2) is 7.17. The first-order valence-electron chi connectivity index (χ1n) is 8.16. The van der Waals surface area contributed by atoms with Gasteiger partial charge in [-0.05, 0) is 55.7 Å². The summed E-state index contributed by atoms with van der Waals surface area (Å²) in [6.45, 7) is 6.26. The Bertz CT molecular complexity index is 593. The Morgan fingerprint density at radius 3 is 2.62 bits per heavy atom. The molecule has 1 aliphatic rings. The van der Waals surface area contributed by atoms with Crippen molar-refractivity contribution in [3.8, 4) is 0 Å². The summed E-state index contributed by atoms with van der Waals surface area (Å²) in [5.74, 6) is 0.313. The van der Waals surface area contributed by atoms with Crippen LogP contribution in [-0.2, 0) is 9.59 Å². The van der Waals surface area contributed by atoms with Gasteiger partial charge in [0.1, 0.15) is 5.82 Å². The molecule has 1 aromatic rings. The number of hydrogen-bond donors (Lipinski definition) is 3. The zero-order valence-electron chi connectivity index (χ0n) is 14.5. The summed E-state index contributed by atoms with van der Waals surface area (Å²) in [6.07, 6.45) is 4.93. The van der Waals surface area contributed by atoms with Crippen LogP contribution in [0.5, 0.6) is 0 Å². The van der Waals surface area contributed by atoms with Crippen LogP contribution >= 0.6 is 0 Å². The number of nitrogens with zero attached hydrogens (tertiary/aromatic N) is 2. The number of amides is 2. The highest BCUT2D eigenvalue weighted by atomic mass is 16.5. The highest BCUT2D eigenvalue weighted by Gasteiger charge is 2.45. The van der Waals surface area contributed by atoms with Gasteiger partial charge < -0.3 is 0 Å². The van der Waals surface area contributed by atoms with E-state index in [-0.39, 0.29) is 17.9 Å². The molecular formula is C17H26N4O3. The van der Waals surface area contributed by atoms with E-state index in [0.717, 1.165) is 18.4 Å². The Morgan fingerprint density at radius 2 is 2.04 bits per heavy atom. The lowest BCUT2D eigenvalue weighted by atomic mass is 9.64. The lowest BCUT2D eigenvalue weighted by Crippen LogP contribution is -2.51. The van der Waals surface area contributed by atoms with E-state index in [1.54, 1.807) is 6.20 Å². The van der Waals surface area contributed by atoms with Crippen molar-refractivity contribution in [2.45, 2.75) is 46.5 Å². The molecule has 24 heavy (non-hydrogen) atoms. The van der Waals surface area contributed by atoms with Gasteiger partial charge in [0.05, 0.1) is 12.0 Å². The molecule has 7 nitrogen and oxygen atoms in total. The minimum Gasteiger partial charge on any atom is -0.286 e. The molecule has 1 aliphatic carbocycles. The van der Waals surface area contributed by atoms with E-state index < -0.39 is 5.41 Å². The molecule has 0 radical (unpaired) electrons. The third-order valence-electron chi connectivity index (χ3n) is 4.85. The highest BCUT2D eigenvalue weighted by molar-refractivity contribution is 5.84. The third-order valence-corrected chi connectivity index (χ3v) is 4.85. The molecule has 2 rings (SSSR count). The molecule has 2 amide bonds. The molecule has 1 heterocycles. The Morgan fingerprint density at radius 1 is 1.38 bits per heavy atom. The van der Waals surface area contributed by atoms with Crippen molar-refractivity contribution < 1.29 is 14.8 Å². The molecule has 0 saturated heterocycles. The van der Waals surface area contributed by atoms with Gasteiger partial charge in [0.2, 0.25) is 12.3 Å². The van der Waals surface area contributed by atoms with Gasteiger partial charge in [-0.3, -0.25) is 25.6 Å². The van der Waals surface area contributed by atoms with Crippen LogP contribution < -0.4 is 10.9 Å². The molecule has 1 fully saturated rings. The zero-order valence-corrected chi connectivity index (χ0v) is 14.5. The van der Waals surface area contributed by atoms with Gasteiger partial charge in [-0.2, -0.15) is 0 Å². The number of hydroxylamine groups is 2. The monoisotopic (exact) mass is 334 g/mol. The predicted octanol–water partition coefficient (Wildman–Crippen LogP) is 2.27. The van der Waals surface area contributed by atoms with E-state index in [4.69, 9.17) is 0 Å². The normalized spacial score (nSPS) is 18.5. The van der Waals surface area contributed by atoms with Crippen molar-refractivity contribution in [2.24, 2.45) is 10.8 Å². The molecule has 0 aliphatic heterocycles. The number of hydrogen-bond acceptors (Lipinski definition) is 5. The van der Waals surface area contributed by atoms with Crippen molar-refractivity contribution >= 4 is 18.1 Å². The first-order valence-corrected chi connectivity index (χ1v) is 8.16. The summed E-state index contributed by atoms with van der Waals surface area (Å²) in [6, 6.07) is 3.69. The molecule has 132 valence electrons. The molecular weight excluding hydrogens is 308 g/mol. The van der Waals surface area contributed by atoms with Crippen molar-refractivity contribution in [1.82, 2.24) is 15.5 Å². The number of carbonyl (C=O) groups excluding carboxylic acids is 2. The number of pyridine rings is 1. The van der Waals surface area contributed by atoms with E-state index in [9.17, 15) is 14.8 Å². The predicted molar refractivity (Wildman–Crippen MR) is 90.0 cm³/mol. The van der Waals surface area contributed by atoms with Gasteiger partial charge in [0.25, 0.3) is 0 Å². The van der Waals surface area contributed by atoms with Gasteiger partial charge in [-0.1, -0.05) is 13.8 Å². The summed E-state index contributed by atoms with van der Waals surface area (Å²) >= 11 is 0.